The molecule has 4 rings (SSSR count). The fraction of sp³-hybridized carbons (Fsp3) is 0.250. The molecule has 0 fully saturated rings. The molecule has 2 heterocycles. The second-order valence-corrected chi connectivity index (χ2v) is 8.09. The highest BCUT2D eigenvalue weighted by Gasteiger charge is 2.29. The summed E-state index contributed by atoms with van der Waals surface area (Å²) in [6, 6.07) is 20.0. The van der Waals surface area contributed by atoms with Gasteiger partial charge >= 0.3 is 5.69 Å². The first-order chi connectivity index (χ1) is 15.3. The maximum atomic E-state index is 12.9. The van der Waals surface area contributed by atoms with Crippen molar-refractivity contribution < 1.29 is 4.79 Å². The molecule has 0 unspecified atom stereocenters. The van der Waals surface area contributed by atoms with Crippen molar-refractivity contribution in [3.8, 4) is 0 Å². The van der Waals surface area contributed by atoms with Gasteiger partial charge in [0.2, 0.25) is 5.91 Å². The maximum absolute atomic E-state index is 12.9. The van der Waals surface area contributed by atoms with Gasteiger partial charge in [-0.3, -0.25) is 18.7 Å². The van der Waals surface area contributed by atoms with E-state index in [0.717, 1.165) is 15.7 Å². The number of benzene rings is 2. The van der Waals surface area contributed by atoms with E-state index in [0.29, 0.717) is 6.54 Å². The summed E-state index contributed by atoms with van der Waals surface area (Å²) in [5, 5.41) is 3.02. The van der Waals surface area contributed by atoms with Crippen molar-refractivity contribution >= 4 is 17.1 Å². The minimum absolute atomic E-state index is 0.0798. The van der Waals surface area contributed by atoms with Crippen LogP contribution in [0, 0.1) is 0 Å². The SMILES string of the molecule is Cn1c(=O)c2c(ncn2CC(=O)NCC(C)(c2ccccc2)c2ccccc2)n(C)c1=O. The molecule has 0 atom stereocenters. The number of rotatable bonds is 6. The molecular formula is C24H25N5O3. The van der Waals surface area contributed by atoms with Crippen LogP contribution in [0.2, 0.25) is 0 Å². The Balaban J connectivity index is 1.61. The Kier molecular flexibility index (Phi) is 5.52. The van der Waals surface area contributed by atoms with Crippen molar-refractivity contribution in [3.63, 3.8) is 0 Å². The minimum Gasteiger partial charge on any atom is -0.353 e. The summed E-state index contributed by atoms with van der Waals surface area (Å²) in [7, 11) is 2.96. The molecule has 0 radical (unpaired) electrons. The molecule has 0 saturated heterocycles. The first kappa shape index (κ1) is 21.3. The largest absolute Gasteiger partial charge is 0.353 e. The van der Waals surface area contributed by atoms with Gasteiger partial charge < -0.3 is 9.88 Å². The van der Waals surface area contributed by atoms with Crippen LogP contribution in [-0.2, 0) is 30.8 Å². The van der Waals surface area contributed by atoms with Crippen molar-refractivity contribution in [1.82, 2.24) is 24.0 Å². The van der Waals surface area contributed by atoms with E-state index in [1.54, 1.807) is 7.05 Å². The Morgan fingerprint density at radius 2 is 1.50 bits per heavy atom. The highest BCUT2D eigenvalue weighted by molar-refractivity contribution is 5.79. The number of hydrogen-bond acceptors (Lipinski definition) is 4. The van der Waals surface area contributed by atoms with E-state index in [1.165, 1.54) is 22.5 Å². The van der Waals surface area contributed by atoms with Gasteiger partial charge in [-0.2, -0.15) is 0 Å². The van der Waals surface area contributed by atoms with Crippen LogP contribution in [0.15, 0.2) is 76.6 Å². The quantitative estimate of drug-likeness (QED) is 0.502. The van der Waals surface area contributed by atoms with Gasteiger partial charge in [-0.15, -0.1) is 0 Å². The van der Waals surface area contributed by atoms with Crippen molar-refractivity contribution in [1.29, 1.82) is 0 Å². The second kappa shape index (κ2) is 8.30. The fourth-order valence-corrected chi connectivity index (χ4v) is 3.99. The van der Waals surface area contributed by atoms with Crippen molar-refractivity contribution in [2.45, 2.75) is 18.9 Å². The summed E-state index contributed by atoms with van der Waals surface area (Å²) in [5.41, 5.74) is 1.27. The molecule has 164 valence electrons. The molecule has 4 aromatic rings. The van der Waals surface area contributed by atoms with Crippen LogP contribution in [0.25, 0.3) is 11.2 Å². The minimum atomic E-state index is -0.480. The lowest BCUT2D eigenvalue weighted by Crippen LogP contribution is -2.41. The standard InChI is InChI=1S/C24H25N5O3/c1-24(17-10-6-4-7-11-17,18-12-8-5-9-13-18)15-25-19(30)14-29-16-26-21-20(29)22(31)28(3)23(32)27(21)2/h4-13,16H,14-15H2,1-3H3,(H,25,30). The number of aryl methyl sites for hydroxylation is 1. The van der Waals surface area contributed by atoms with Crippen molar-refractivity contribution in [2.75, 3.05) is 6.54 Å². The number of carbonyl (C=O) groups excluding carboxylic acids is 1. The summed E-state index contributed by atoms with van der Waals surface area (Å²) in [6.07, 6.45) is 1.42. The highest BCUT2D eigenvalue weighted by Crippen LogP contribution is 2.31. The first-order valence-electron chi connectivity index (χ1n) is 10.3. The van der Waals surface area contributed by atoms with Crippen LogP contribution in [0.3, 0.4) is 0 Å². The maximum Gasteiger partial charge on any atom is 0.332 e. The third kappa shape index (κ3) is 3.64. The molecule has 2 aromatic carbocycles. The molecule has 0 aliphatic heterocycles. The molecule has 1 N–H and O–H groups in total. The topological polar surface area (TPSA) is 90.9 Å². The average Bonchev–Trinajstić information content (AvgIpc) is 3.24. The number of aromatic nitrogens is 4. The Morgan fingerprint density at radius 3 is 2.06 bits per heavy atom. The predicted octanol–water partition coefficient (Wildman–Crippen LogP) is 1.56. The average molecular weight is 431 g/mol. The number of nitrogens with one attached hydrogen (secondary N) is 1. The van der Waals surface area contributed by atoms with Gasteiger partial charge in [-0.25, -0.2) is 9.78 Å². The van der Waals surface area contributed by atoms with Crippen LogP contribution < -0.4 is 16.6 Å². The Hall–Kier alpha value is -3.94. The molecule has 0 aliphatic carbocycles. The van der Waals surface area contributed by atoms with Gasteiger partial charge in [0, 0.05) is 26.1 Å². The molecule has 0 bridgehead atoms. The Morgan fingerprint density at radius 1 is 0.938 bits per heavy atom. The molecule has 0 spiro atoms. The van der Waals surface area contributed by atoms with Gasteiger partial charge in [0.05, 0.1) is 6.33 Å². The monoisotopic (exact) mass is 431 g/mol. The zero-order valence-electron chi connectivity index (χ0n) is 18.3. The summed E-state index contributed by atoms with van der Waals surface area (Å²) in [4.78, 5) is 41.8. The number of imidazole rings is 1. The van der Waals surface area contributed by atoms with Gasteiger partial charge in [0.1, 0.15) is 6.54 Å². The number of amides is 1. The fourth-order valence-electron chi connectivity index (χ4n) is 3.99. The van der Waals surface area contributed by atoms with Crippen molar-refractivity contribution in [2.24, 2.45) is 14.1 Å². The second-order valence-electron chi connectivity index (χ2n) is 8.09. The van der Waals surface area contributed by atoms with E-state index < -0.39 is 16.7 Å². The number of nitrogens with zero attached hydrogens (tertiary/aromatic N) is 4. The van der Waals surface area contributed by atoms with Crippen LogP contribution in [0.4, 0.5) is 0 Å². The zero-order chi connectivity index (χ0) is 22.9. The van der Waals surface area contributed by atoms with Crippen LogP contribution >= 0.6 is 0 Å². The lowest BCUT2D eigenvalue weighted by molar-refractivity contribution is -0.121. The third-order valence-corrected chi connectivity index (χ3v) is 5.99. The molecule has 32 heavy (non-hydrogen) atoms. The normalized spacial score (nSPS) is 11.6. The van der Waals surface area contributed by atoms with E-state index in [4.69, 9.17) is 0 Å². The van der Waals surface area contributed by atoms with Gasteiger partial charge in [0.25, 0.3) is 5.56 Å². The molecule has 8 nitrogen and oxygen atoms in total. The predicted molar refractivity (Wildman–Crippen MR) is 123 cm³/mol. The zero-order valence-corrected chi connectivity index (χ0v) is 18.3. The summed E-state index contributed by atoms with van der Waals surface area (Å²) in [6.45, 7) is 2.39. The molecule has 0 aliphatic rings. The van der Waals surface area contributed by atoms with Crippen molar-refractivity contribution in [3.05, 3.63) is 99.0 Å². The van der Waals surface area contributed by atoms with E-state index in [2.05, 4.69) is 17.2 Å². The van der Waals surface area contributed by atoms with Gasteiger partial charge in [-0.1, -0.05) is 60.7 Å². The van der Waals surface area contributed by atoms with Crippen LogP contribution in [-0.4, -0.2) is 31.1 Å². The lowest BCUT2D eigenvalue weighted by atomic mass is 9.76. The summed E-state index contributed by atoms with van der Waals surface area (Å²) in [5.74, 6) is -0.252. The van der Waals surface area contributed by atoms with Crippen LogP contribution in [0.1, 0.15) is 18.1 Å². The third-order valence-electron chi connectivity index (χ3n) is 5.99. The molecule has 0 saturated carbocycles. The lowest BCUT2D eigenvalue weighted by Gasteiger charge is -2.31. The summed E-state index contributed by atoms with van der Waals surface area (Å²) < 4.78 is 3.79. The summed E-state index contributed by atoms with van der Waals surface area (Å²) >= 11 is 0. The first-order valence-corrected chi connectivity index (χ1v) is 10.3. The molecule has 2 aromatic heterocycles. The van der Waals surface area contributed by atoms with E-state index >= 15 is 0 Å². The smallest absolute Gasteiger partial charge is 0.332 e. The number of carbonyl (C=O) groups is 1. The highest BCUT2D eigenvalue weighted by atomic mass is 16.2. The number of fused-ring (bicyclic) bond motifs is 1. The van der Waals surface area contributed by atoms with Gasteiger partial charge in [0.15, 0.2) is 11.2 Å². The Bertz CT molecular complexity index is 1340. The van der Waals surface area contributed by atoms with E-state index in [-0.39, 0.29) is 23.6 Å². The molecule has 8 heteroatoms. The Labute approximate surface area is 184 Å². The molecular weight excluding hydrogens is 406 g/mol. The molecule has 1 amide bonds. The van der Waals surface area contributed by atoms with Crippen LogP contribution in [0.5, 0.6) is 0 Å². The van der Waals surface area contributed by atoms with E-state index in [1.807, 2.05) is 60.7 Å². The number of hydrogen-bond donors (Lipinski definition) is 1. The van der Waals surface area contributed by atoms with Gasteiger partial charge in [-0.05, 0) is 18.1 Å². The van der Waals surface area contributed by atoms with E-state index in [9.17, 15) is 14.4 Å².